The van der Waals surface area contributed by atoms with Crippen LogP contribution in [0.25, 0.3) is 0 Å². The molecule has 36 heavy (non-hydrogen) atoms. The van der Waals surface area contributed by atoms with Gasteiger partial charge in [-0.3, -0.25) is 9.10 Å². The van der Waals surface area contributed by atoms with Gasteiger partial charge in [0.1, 0.15) is 24.7 Å². The quantitative estimate of drug-likeness (QED) is 0.374. The predicted molar refractivity (Wildman–Crippen MR) is 129 cm³/mol. The van der Waals surface area contributed by atoms with Crippen molar-refractivity contribution in [1.29, 1.82) is 0 Å². The molecule has 0 fully saturated rings. The Kier molecular flexibility index (Phi) is 8.70. The van der Waals surface area contributed by atoms with Gasteiger partial charge in [0, 0.05) is 0 Å². The molecule has 0 aliphatic rings. The summed E-state index contributed by atoms with van der Waals surface area (Å²) in [6.07, 6.45) is -4.75. The van der Waals surface area contributed by atoms with E-state index in [4.69, 9.17) is 21.1 Å². The number of carbonyl (C=O) groups excluding carboxylic acids is 1. The van der Waals surface area contributed by atoms with Crippen molar-refractivity contribution in [1.82, 2.24) is 5.32 Å². The summed E-state index contributed by atoms with van der Waals surface area (Å²) in [4.78, 5) is 12.4. The van der Waals surface area contributed by atoms with Crippen LogP contribution in [-0.4, -0.2) is 41.1 Å². The first kappa shape index (κ1) is 27.2. The van der Waals surface area contributed by atoms with Crippen LogP contribution in [0.4, 0.5) is 18.9 Å². The lowest BCUT2D eigenvalue weighted by Crippen LogP contribution is -2.42. The molecule has 7 nitrogen and oxygen atoms in total. The molecule has 3 aromatic carbocycles. The maximum absolute atomic E-state index is 13.3. The first-order valence-electron chi connectivity index (χ1n) is 10.5. The average Bonchev–Trinajstić information content (AvgIpc) is 2.86. The highest BCUT2D eigenvalue weighted by molar-refractivity contribution is 7.92. The van der Waals surface area contributed by atoms with Crippen molar-refractivity contribution >= 4 is 33.2 Å². The zero-order valence-corrected chi connectivity index (χ0v) is 20.5. The number of hydrogen-bond acceptors (Lipinski definition) is 5. The molecule has 0 bridgehead atoms. The molecular weight excluding hydrogens is 521 g/mol. The second-order valence-electron chi connectivity index (χ2n) is 7.36. The lowest BCUT2D eigenvalue weighted by Gasteiger charge is -2.25. The highest BCUT2D eigenvalue weighted by Gasteiger charge is 2.34. The minimum atomic E-state index is -4.75. The highest BCUT2D eigenvalue weighted by Crippen LogP contribution is 2.37. The van der Waals surface area contributed by atoms with Gasteiger partial charge in [-0.05, 0) is 54.6 Å². The Balaban J connectivity index is 1.79. The third-order valence-electron chi connectivity index (χ3n) is 4.91. The zero-order valence-electron chi connectivity index (χ0n) is 19.0. The number of benzene rings is 3. The number of rotatable bonds is 10. The van der Waals surface area contributed by atoms with Gasteiger partial charge in [0.25, 0.3) is 10.0 Å². The summed E-state index contributed by atoms with van der Waals surface area (Å²) in [6.45, 7) is -0.727. The molecule has 0 atom stereocenters. The van der Waals surface area contributed by atoms with Crippen molar-refractivity contribution < 1.29 is 35.9 Å². The first-order chi connectivity index (χ1) is 17.0. The van der Waals surface area contributed by atoms with E-state index >= 15 is 0 Å². The number of methoxy groups -OCH3 is 1. The van der Waals surface area contributed by atoms with Crippen LogP contribution >= 0.6 is 11.6 Å². The number of alkyl halides is 3. The monoisotopic (exact) mass is 542 g/mol. The summed E-state index contributed by atoms with van der Waals surface area (Å²) in [6, 6.07) is 16.0. The molecule has 0 radical (unpaired) electrons. The summed E-state index contributed by atoms with van der Waals surface area (Å²) in [5, 5.41) is 2.24. The van der Waals surface area contributed by atoms with Crippen LogP contribution in [-0.2, 0) is 21.0 Å². The molecule has 3 rings (SSSR count). The third-order valence-corrected chi connectivity index (χ3v) is 7.01. The SMILES string of the molecule is COc1ccc(OCCNC(=O)CN(c2cc(C(F)(F)F)ccc2Cl)S(=O)(=O)c2ccccc2)cc1. The molecule has 0 saturated carbocycles. The van der Waals surface area contributed by atoms with Gasteiger partial charge in [0.2, 0.25) is 5.91 Å². The van der Waals surface area contributed by atoms with Crippen molar-refractivity contribution in [2.24, 2.45) is 0 Å². The lowest BCUT2D eigenvalue weighted by molar-refractivity contribution is -0.137. The van der Waals surface area contributed by atoms with Gasteiger partial charge in [-0.2, -0.15) is 13.2 Å². The standard InChI is InChI=1S/C24H22ClF3N2O5S/c1-34-18-8-10-19(11-9-18)35-14-13-29-23(31)16-30(36(32,33)20-5-3-2-4-6-20)22-15-17(24(26,27)28)7-12-21(22)25/h2-12,15H,13-14,16H2,1H3,(H,29,31). The van der Waals surface area contributed by atoms with Crippen molar-refractivity contribution in [3.05, 3.63) is 83.4 Å². The van der Waals surface area contributed by atoms with Crippen LogP contribution in [0.2, 0.25) is 5.02 Å². The Morgan fingerprint density at radius 1 is 1.00 bits per heavy atom. The molecule has 12 heteroatoms. The molecule has 3 aromatic rings. The second-order valence-corrected chi connectivity index (χ2v) is 9.63. The smallest absolute Gasteiger partial charge is 0.416 e. The Bertz CT molecular complexity index is 1290. The van der Waals surface area contributed by atoms with E-state index in [1.807, 2.05) is 0 Å². The summed E-state index contributed by atoms with van der Waals surface area (Å²) in [5.74, 6) is 0.402. The average molecular weight is 543 g/mol. The Hall–Kier alpha value is -3.44. The molecule has 1 N–H and O–H groups in total. The van der Waals surface area contributed by atoms with Gasteiger partial charge in [0.15, 0.2) is 0 Å². The van der Waals surface area contributed by atoms with E-state index < -0.39 is 39.9 Å². The molecule has 0 saturated heterocycles. The first-order valence-corrected chi connectivity index (χ1v) is 12.3. The van der Waals surface area contributed by atoms with E-state index in [-0.39, 0.29) is 23.1 Å². The van der Waals surface area contributed by atoms with Gasteiger partial charge in [0.05, 0.1) is 34.8 Å². The van der Waals surface area contributed by atoms with Gasteiger partial charge in [-0.25, -0.2) is 8.42 Å². The lowest BCUT2D eigenvalue weighted by atomic mass is 10.2. The van der Waals surface area contributed by atoms with E-state index in [0.29, 0.717) is 21.9 Å². The van der Waals surface area contributed by atoms with Crippen LogP contribution in [0, 0.1) is 0 Å². The normalized spacial score (nSPS) is 11.6. The van der Waals surface area contributed by atoms with Crippen LogP contribution in [0.5, 0.6) is 11.5 Å². The summed E-state index contributed by atoms with van der Waals surface area (Å²) >= 11 is 6.10. The zero-order chi connectivity index (χ0) is 26.3. The van der Waals surface area contributed by atoms with Crippen LogP contribution < -0.4 is 19.1 Å². The van der Waals surface area contributed by atoms with Crippen molar-refractivity contribution in [2.45, 2.75) is 11.1 Å². The minimum absolute atomic E-state index is 0.0143. The fourth-order valence-corrected chi connectivity index (χ4v) is 4.84. The molecule has 1 amide bonds. The molecule has 0 aromatic heterocycles. The van der Waals surface area contributed by atoms with Gasteiger partial charge in [-0.15, -0.1) is 0 Å². The number of carbonyl (C=O) groups is 1. The Morgan fingerprint density at radius 3 is 2.25 bits per heavy atom. The van der Waals surface area contributed by atoms with E-state index in [9.17, 15) is 26.4 Å². The third kappa shape index (κ3) is 6.82. The Labute approximate surface area is 211 Å². The molecule has 192 valence electrons. The molecule has 0 unspecified atom stereocenters. The van der Waals surface area contributed by atoms with E-state index in [1.54, 1.807) is 30.3 Å². The van der Waals surface area contributed by atoms with Crippen molar-refractivity contribution in [2.75, 3.05) is 31.1 Å². The number of nitrogens with zero attached hydrogens (tertiary/aromatic N) is 1. The number of ether oxygens (including phenoxy) is 2. The fraction of sp³-hybridized carbons (Fsp3) is 0.208. The number of nitrogens with one attached hydrogen (secondary N) is 1. The second kappa shape index (κ2) is 11.5. The van der Waals surface area contributed by atoms with E-state index in [1.165, 1.54) is 31.4 Å². The maximum atomic E-state index is 13.3. The van der Waals surface area contributed by atoms with Crippen LogP contribution in [0.1, 0.15) is 5.56 Å². The van der Waals surface area contributed by atoms with Gasteiger partial charge >= 0.3 is 6.18 Å². The van der Waals surface area contributed by atoms with Crippen LogP contribution in [0.3, 0.4) is 0 Å². The highest BCUT2D eigenvalue weighted by atomic mass is 35.5. The van der Waals surface area contributed by atoms with Crippen LogP contribution in [0.15, 0.2) is 77.7 Å². The van der Waals surface area contributed by atoms with Gasteiger partial charge < -0.3 is 14.8 Å². The summed E-state index contributed by atoms with van der Waals surface area (Å²) in [5.41, 5.74) is -1.58. The number of sulfonamides is 1. The topological polar surface area (TPSA) is 84.9 Å². The van der Waals surface area contributed by atoms with Gasteiger partial charge in [-0.1, -0.05) is 29.8 Å². The molecule has 0 aliphatic carbocycles. The molecular formula is C24H22ClF3N2O5S. The molecule has 0 aliphatic heterocycles. The van der Waals surface area contributed by atoms with E-state index in [2.05, 4.69) is 5.32 Å². The molecule has 0 spiro atoms. The number of amides is 1. The summed E-state index contributed by atoms with van der Waals surface area (Å²) in [7, 11) is -2.91. The Morgan fingerprint density at radius 2 is 1.64 bits per heavy atom. The predicted octanol–water partition coefficient (Wildman–Crippen LogP) is 4.76. The van der Waals surface area contributed by atoms with Crippen molar-refractivity contribution in [3.63, 3.8) is 0 Å². The minimum Gasteiger partial charge on any atom is -0.497 e. The number of anilines is 1. The maximum Gasteiger partial charge on any atom is 0.416 e. The fourth-order valence-electron chi connectivity index (χ4n) is 3.12. The summed E-state index contributed by atoms with van der Waals surface area (Å²) < 4.78 is 77.7. The van der Waals surface area contributed by atoms with Crippen molar-refractivity contribution in [3.8, 4) is 11.5 Å². The number of halogens is 4. The van der Waals surface area contributed by atoms with E-state index in [0.717, 1.165) is 12.1 Å². The molecule has 0 heterocycles. The largest absolute Gasteiger partial charge is 0.497 e. The number of hydrogen-bond donors (Lipinski definition) is 1.